The topological polar surface area (TPSA) is 70.0 Å². The molecule has 1 rings (SSSR count). The zero-order valence-corrected chi connectivity index (χ0v) is 5.78. The molecule has 0 aliphatic rings. The van der Waals surface area contributed by atoms with Crippen molar-refractivity contribution in [2.24, 2.45) is 0 Å². The Hall–Kier alpha value is -1.17. The van der Waals surface area contributed by atoms with Crippen molar-refractivity contribution in [3.05, 3.63) is 33.1 Å². The summed E-state index contributed by atoms with van der Waals surface area (Å²) in [6, 6.07) is 1.15. The predicted octanol–water partition coefficient (Wildman–Crippen LogP) is -1.58. The second-order valence-electron chi connectivity index (χ2n) is 1.65. The number of hydrogen-bond donors (Lipinski definition) is 2. The zero-order valence-electron chi connectivity index (χ0n) is 4.89. The highest BCUT2D eigenvalue weighted by Gasteiger charge is 1.95. The molecule has 2 N–H and O–H groups in total. The molecule has 0 atom stereocenters. The molecule has 0 aromatic carbocycles. The number of nitrogens with zero attached hydrogens (tertiary/aromatic N) is 2. The molecular formula is C4H5N3O2S. The van der Waals surface area contributed by atoms with E-state index in [2.05, 4.69) is 12.8 Å². The number of hydrogen-bond acceptors (Lipinski definition) is 4. The molecular weight excluding hydrogens is 154 g/mol. The Morgan fingerprint density at radius 2 is 2.10 bits per heavy atom. The summed E-state index contributed by atoms with van der Waals surface area (Å²) < 4.78 is 1.40. The molecule has 0 spiro atoms. The van der Waals surface area contributed by atoms with Crippen LogP contribution in [0.5, 0.6) is 0 Å². The van der Waals surface area contributed by atoms with Gasteiger partial charge in [-0.25, -0.2) is 8.77 Å². The fraction of sp³-hybridized carbons (Fsp3) is 0. The average molecular weight is 159 g/mol. The Labute approximate surface area is 61.2 Å². The first-order valence-corrected chi connectivity index (χ1v) is 2.82. The standard InChI is InChI=1S/C4H5N3O2S/c5-7-3(8)1-2-6(10)4(7)9/h1-2,10H,5H2. The Kier molecular flexibility index (Phi) is 1.54. The van der Waals surface area contributed by atoms with Gasteiger partial charge < -0.3 is 5.84 Å². The largest absolute Gasteiger partial charge is 0.359 e. The second kappa shape index (κ2) is 2.22. The van der Waals surface area contributed by atoms with Crippen molar-refractivity contribution < 1.29 is 0 Å². The first-order chi connectivity index (χ1) is 4.63. The molecule has 1 heterocycles. The Morgan fingerprint density at radius 1 is 1.50 bits per heavy atom. The molecule has 54 valence electrons. The van der Waals surface area contributed by atoms with Gasteiger partial charge in [0, 0.05) is 12.3 Å². The van der Waals surface area contributed by atoms with Crippen LogP contribution in [0.25, 0.3) is 0 Å². The maximum Gasteiger partial charge on any atom is 0.359 e. The lowest BCUT2D eigenvalue weighted by molar-refractivity contribution is 0.815. The van der Waals surface area contributed by atoms with Crippen molar-refractivity contribution in [3.63, 3.8) is 0 Å². The van der Waals surface area contributed by atoms with Gasteiger partial charge in [0.15, 0.2) is 0 Å². The van der Waals surface area contributed by atoms with Crippen LogP contribution in [-0.2, 0) is 0 Å². The van der Waals surface area contributed by atoms with Crippen LogP contribution >= 0.6 is 12.8 Å². The monoisotopic (exact) mass is 159 g/mol. The smallest absolute Gasteiger partial charge is 0.332 e. The van der Waals surface area contributed by atoms with Crippen LogP contribution in [0.4, 0.5) is 0 Å². The molecule has 1 aromatic heterocycles. The summed E-state index contributed by atoms with van der Waals surface area (Å²) in [4.78, 5) is 21.3. The van der Waals surface area contributed by atoms with Crippen LogP contribution in [0.2, 0.25) is 0 Å². The predicted molar refractivity (Wildman–Crippen MR) is 39.5 cm³/mol. The summed E-state index contributed by atoms with van der Waals surface area (Å²) in [5.41, 5.74) is -1.20. The summed E-state index contributed by atoms with van der Waals surface area (Å²) in [5, 5.41) is 0. The van der Waals surface area contributed by atoms with Gasteiger partial charge in [0.05, 0.1) is 0 Å². The lowest BCUT2D eigenvalue weighted by Crippen LogP contribution is -2.41. The van der Waals surface area contributed by atoms with Gasteiger partial charge in [-0.05, 0) is 0 Å². The zero-order chi connectivity index (χ0) is 7.72. The number of thiol groups is 1. The van der Waals surface area contributed by atoms with Crippen LogP contribution in [0.1, 0.15) is 0 Å². The molecule has 0 radical (unpaired) electrons. The van der Waals surface area contributed by atoms with E-state index in [-0.39, 0.29) is 0 Å². The molecule has 0 bridgehead atoms. The van der Waals surface area contributed by atoms with Crippen molar-refractivity contribution >= 4 is 12.8 Å². The summed E-state index contributed by atoms with van der Waals surface area (Å²) in [5.74, 6) is 5.00. The van der Waals surface area contributed by atoms with Gasteiger partial charge in [-0.3, -0.25) is 4.79 Å². The maximum atomic E-state index is 10.7. The van der Waals surface area contributed by atoms with E-state index in [9.17, 15) is 9.59 Å². The van der Waals surface area contributed by atoms with Gasteiger partial charge in [0.2, 0.25) is 0 Å². The summed E-state index contributed by atoms with van der Waals surface area (Å²) in [7, 11) is 0. The number of rotatable bonds is 0. The summed E-state index contributed by atoms with van der Waals surface area (Å²) in [6.45, 7) is 0. The van der Waals surface area contributed by atoms with Crippen molar-refractivity contribution in [2.75, 3.05) is 5.84 Å². The highest BCUT2D eigenvalue weighted by molar-refractivity contribution is 7.78. The van der Waals surface area contributed by atoms with Gasteiger partial charge in [-0.15, -0.1) is 0 Å². The van der Waals surface area contributed by atoms with Crippen LogP contribution in [-0.4, -0.2) is 8.65 Å². The van der Waals surface area contributed by atoms with Crippen molar-refractivity contribution in [1.29, 1.82) is 0 Å². The summed E-state index contributed by atoms with van der Waals surface area (Å²) >= 11 is 3.68. The molecule has 0 unspecified atom stereocenters. The van der Waals surface area contributed by atoms with E-state index in [1.807, 2.05) is 0 Å². The Morgan fingerprint density at radius 3 is 2.60 bits per heavy atom. The van der Waals surface area contributed by atoms with Gasteiger partial charge in [-0.1, -0.05) is 12.8 Å². The fourth-order valence-corrected chi connectivity index (χ4v) is 0.646. The van der Waals surface area contributed by atoms with Gasteiger partial charge in [0.25, 0.3) is 5.56 Å². The average Bonchev–Trinajstić information content (AvgIpc) is 1.93. The molecule has 10 heavy (non-hydrogen) atoms. The van der Waals surface area contributed by atoms with Crippen molar-refractivity contribution in [3.8, 4) is 0 Å². The van der Waals surface area contributed by atoms with E-state index in [1.165, 1.54) is 6.20 Å². The third-order valence-corrected chi connectivity index (χ3v) is 1.30. The maximum absolute atomic E-state index is 10.7. The minimum absolute atomic E-state index is 0.479. The molecule has 0 aliphatic carbocycles. The lowest BCUT2D eigenvalue weighted by atomic mass is 10.7. The van der Waals surface area contributed by atoms with Crippen LogP contribution in [0, 0.1) is 0 Å². The number of aromatic nitrogens is 2. The molecule has 1 aromatic rings. The van der Waals surface area contributed by atoms with E-state index in [0.29, 0.717) is 4.68 Å². The SMILES string of the molecule is Nn1c(=O)ccn(S)c1=O. The Bertz CT molecular complexity index is 352. The Balaban J connectivity index is 3.66. The van der Waals surface area contributed by atoms with Crippen LogP contribution in [0.15, 0.2) is 21.9 Å². The van der Waals surface area contributed by atoms with E-state index in [1.54, 1.807) is 0 Å². The van der Waals surface area contributed by atoms with E-state index < -0.39 is 11.2 Å². The van der Waals surface area contributed by atoms with Crippen molar-refractivity contribution in [1.82, 2.24) is 8.65 Å². The normalized spacial score (nSPS) is 9.70. The quantitative estimate of drug-likeness (QED) is 0.354. The van der Waals surface area contributed by atoms with Crippen molar-refractivity contribution in [2.45, 2.75) is 0 Å². The molecule has 5 nitrogen and oxygen atoms in total. The number of nitrogens with two attached hydrogens (primary N) is 1. The fourth-order valence-electron chi connectivity index (χ4n) is 0.483. The third-order valence-electron chi connectivity index (χ3n) is 0.998. The van der Waals surface area contributed by atoms with Crippen LogP contribution < -0.4 is 17.1 Å². The molecule has 0 amide bonds. The lowest BCUT2D eigenvalue weighted by Gasteiger charge is -1.96. The second-order valence-corrected chi connectivity index (χ2v) is 2.08. The first kappa shape index (κ1) is 6.94. The molecule has 0 aliphatic heterocycles. The van der Waals surface area contributed by atoms with Gasteiger partial charge in [0.1, 0.15) is 0 Å². The molecule has 6 heteroatoms. The third kappa shape index (κ3) is 0.926. The van der Waals surface area contributed by atoms with E-state index >= 15 is 0 Å². The molecule has 0 fully saturated rings. The highest BCUT2D eigenvalue weighted by Crippen LogP contribution is 1.74. The molecule has 0 saturated carbocycles. The minimum atomic E-state index is -0.657. The van der Waals surface area contributed by atoms with E-state index in [4.69, 9.17) is 5.84 Å². The minimum Gasteiger partial charge on any atom is -0.332 e. The van der Waals surface area contributed by atoms with Crippen LogP contribution in [0.3, 0.4) is 0 Å². The van der Waals surface area contributed by atoms with E-state index in [0.717, 1.165) is 10.0 Å². The number of nitrogen functional groups attached to an aromatic ring is 1. The highest BCUT2D eigenvalue weighted by atomic mass is 32.1. The van der Waals surface area contributed by atoms with Gasteiger partial charge in [-0.2, -0.15) is 4.68 Å². The molecule has 0 saturated heterocycles. The van der Waals surface area contributed by atoms with Gasteiger partial charge >= 0.3 is 5.69 Å². The summed E-state index contributed by atoms with van der Waals surface area (Å²) in [6.07, 6.45) is 1.23. The first-order valence-electron chi connectivity index (χ1n) is 2.42.